The molecule has 1 aliphatic rings. The van der Waals surface area contributed by atoms with E-state index in [1.807, 2.05) is 0 Å². The summed E-state index contributed by atoms with van der Waals surface area (Å²) in [5.41, 5.74) is 2.35. The van der Waals surface area contributed by atoms with Crippen LogP contribution >= 0.6 is 0 Å². The van der Waals surface area contributed by atoms with Gasteiger partial charge in [0.2, 0.25) is 0 Å². The summed E-state index contributed by atoms with van der Waals surface area (Å²) in [4.78, 5) is 0. The summed E-state index contributed by atoms with van der Waals surface area (Å²) in [6.45, 7) is 0. The van der Waals surface area contributed by atoms with Gasteiger partial charge in [-0.2, -0.15) is 0 Å². The zero-order valence-corrected chi connectivity index (χ0v) is 8.50. The van der Waals surface area contributed by atoms with Gasteiger partial charge in [0.15, 0.2) is 0 Å². The Labute approximate surface area is 85.7 Å². The highest BCUT2D eigenvalue weighted by Crippen LogP contribution is 2.24. The molecule has 0 saturated heterocycles. The fraction of sp³-hybridized carbons (Fsp3) is 0.462. The Kier molecular flexibility index (Phi) is 2.97. The van der Waals surface area contributed by atoms with Crippen LogP contribution in [0.5, 0.6) is 0 Å². The highest BCUT2D eigenvalue weighted by molar-refractivity contribution is 5.84. The molecule has 1 aromatic carbocycles. The molecule has 74 valence electrons. The zero-order valence-electron chi connectivity index (χ0n) is 8.50. The lowest BCUT2D eigenvalue weighted by molar-refractivity contribution is 0.521. The Balaban J connectivity index is 2.00. The van der Waals surface area contributed by atoms with Gasteiger partial charge < -0.3 is 5.41 Å². The first-order valence-electron chi connectivity index (χ1n) is 5.47. The van der Waals surface area contributed by atoms with E-state index in [0.29, 0.717) is 5.92 Å². The first kappa shape index (κ1) is 9.45. The van der Waals surface area contributed by atoms with Crippen LogP contribution in [0.25, 0.3) is 0 Å². The van der Waals surface area contributed by atoms with Crippen LogP contribution in [0.4, 0.5) is 0 Å². The summed E-state index contributed by atoms with van der Waals surface area (Å²) in [6.07, 6.45) is 5.84. The highest BCUT2D eigenvalue weighted by Gasteiger charge is 2.18. The molecule has 1 aliphatic carbocycles. The molecule has 1 nitrogen and oxygen atoms in total. The van der Waals surface area contributed by atoms with Crippen LogP contribution in [-0.4, -0.2) is 5.71 Å². The first-order chi connectivity index (χ1) is 6.86. The zero-order chi connectivity index (χ0) is 9.80. The number of benzene rings is 1. The molecule has 1 fully saturated rings. The van der Waals surface area contributed by atoms with Crippen LogP contribution in [0.2, 0.25) is 0 Å². The van der Waals surface area contributed by atoms with E-state index in [0.717, 1.165) is 18.6 Å². The highest BCUT2D eigenvalue weighted by atomic mass is 14.5. The van der Waals surface area contributed by atoms with Crippen molar-refractivity contribution in [2.75, 3.05) is 0 Å². The van der Waals surface area contributed by atoms with E-state index in [4.69, 9.17) is 5.41 Å². The normalized spacial score (nSPS) is 22.3. The maximum Gasteiger partial charge on any atom is 0.0123 e. The van der Waals surface area contributed by atoms with Crippen molar-refractivity contribution >= 4 is 5.71 Å². The van der Waals surface area contributed by atoms with E-state index in [1.54, 1.807) is 0 Å². The lowest BCUT2D eigenvalue weighted by atomic mass is 9.83. The van der Waals surface area contributed by atoms with E-state index in [-0.39, 0.29) is 0 Å². The van der Waals surface area contributed by atoms with Crippen LogP contribution in [0.15, 0.2) is 30.3 Å². The minimum Gasteiger partial charge on any atom is -0.309 e. The number of nitrogens with one attached hydrogen (secondary N) is 1. The van der Waals surface area contributed by atoms with Gasteiger partial charge in [-0.05, 0) is 31.2 Å². The molecule has 14 heavy (non-hydrogen) atoms. The maximum atomic E-state index is 7.90. The Hall–Kier alpha value is -1.11. The fourth-order valence-electron chi connectivity index (χ4n) is 2.21. The second-order valence-corrected chi connectivity index (χ2v) is 4.16. The van der Waals surface area contributed by atoms with Gasteiger partial charge in [0.25, 0.3) is 0 Å². The van der Waals surface area contributed by atoms with Gasteiger partial charge in [-0.3, -0.25) is 0 Å². The second kappa shape index (κ2) is 4.41. The van der Waals surface area contributed by atoms with Crippen molar-refractivity contribution in [2.24, 2.45) is 5.92 Å². The van der Waals surface area contributed by atoms with Crippen LogP contribution in [-0.2, 0) is 6.42 Å². The summed E-state index contributed by atoms with van der Waals surface area (Å²) in [7, 11) is 0. The molecule has 1 unspecified atom stereocenters. The standard InChI is InChI=1S/C13H17N/c14-13-9-5-4-8-12(13)10-11-6-2-1-3-7-11/h1-3,6-7,12,14H,4-5,8-10H2. The molecule has 0 bridgehead atoms. The van der Waals surface area contributed by atoms with Crippen LogP contribution in [0.3, 0.4) is 0 Å². The molecule has 1 saturated carbocycles. The maximum absolute atomic E-state index is 7.90. The second-order valence-electron chi connectivity index (χ2n) is 4.16. The van der Waals surface area contributed by atoms with E-state index >= 15 is 0 Å². The van der Waals surface area contributed by atoms with Gasteiger partial charge in [0.05, 0.1) is 0 Å². The van der Waals surface area contributed by atoms with Gasteiger partial charge in [0, 0.05) is 11.6 Å². The van der Waals surface area contributed by atoms with Crippen LogP contribution in [0, 0.1) is 11.3 Å². The molecule has 0 spiro atoms. The Morgan fingerprint density at radius 1 is 1.14 bits per heavy atom. The van der Waals surface area contributed by atoms with Gasteiger partial charge in [-0.15, -0.1) is 0 Å². The molecule has 1 heteroatoms. The molecule has 0 radical (unpaired) electrons. The van der Waals surface area contributed by atoms with E-state index in [1.165, 1.54) is 24.8 Å². The quantitative estimate of drug-likeness (QED) is 0.733. The molecule has 0 aliphatic heterocycles. The van der Waals surface area contributed by atoms with Gasteiger partial charge in [0.1, 0.15) is 0 Å². The summed E-state index contributed by atoms with van der Waals surface area (Å²) >= 11 is 0. The predicted octanol–water partition coefficient (Wildman–Crippen LogP) is 3.44. The lowest BCUT2D eigenvalue weighted by Crippen LogP contribution is -2.20. The number of hydrogen-bond donors (Lipinski definition) is 1. The van der Waals surface area contributed by atoms with Gasteiger partial charge >= 0.3 is 0 Å². The predicted molar refractivity (Wildman–Crippen MR) is 59.8 cm³/mol. The monoisotopic (exact) mass is 187 g/mol. The number of hydrogen-bond acceptors (Lipinski definition) is 1. The lowest BCUT2D eigenvalue weighted by Gasteiger charge is -2.22. The van der Waals surface area contributed by atoms with E-state index in [2.05, 4.69) is 30.3 Å². The Morgan fingerprint density at radius 3 is 2.64 bits per heavy atom. The van der Waals surface area contributed by atoms with Crippen molar-refractivity contribution in [2.45, 2.75) is 32.1 Å². The average Bonchev–Trinajstić information content (AvgIpc) is 2.23. The largest absolute Gasteiger partial charge is 0.309 e. The van der Waals surface area contributed by atoms with Gasteiger partial charge in [-0.25, -0.2) is 0 Å². The Bertz CT molecular complexity index is 302. The average molecular weight is 187 g/mol. The third-order valence-electron chi connectivity index (χ3n) is 3.07. The summed E-state index contributed by atoms with van der Waals surface area (Å²) in [5, 5.41) is 7.90. The van der Waals surface area contributed by atoms with Crippen molar-refractivity contribution < 1.29 is 0 Å². The molecular weight excluding hydrogens is 170 g/mol. The van der Waals surface area contributed by atoms with Crippen molar-refractivity contribution in [1.82, 2.24) is 0 Å². The summed E-state index contributed by atoms with van der Waals surface area (Å²) in [5.74, 6) is 0.520. The van der Waals surface area contributed by atoms with E-state index < -0.39 is 0 Å². The van der Waals surface area contributed by atoms with Crippen molar-refractivity contribution in [3.63, 3.8) is 0 Å². The first-order valence-corrected chi connectivity index (χ1v) is 5.47. The topological polar surface area (TPSA) is 23.9 Å². The fourth-order valence-corrected chi connectivity index (χ4v) is 2.21. The SMILES string of the molecule is N=C1CCCCC1Cc1ccccc1. The minimum atomic E-state index is 0.520. The molecule has 0 aromatic heterocycles. The molecule has 1 N–H and O–H groups in total. The minimum absolute atomic E-state index is 0.520. The molecule has 0 amide bonds. The molecule has 1 aromatic rings. The van der Waals surface area contributed by atoms with Crippen molar-refractivity contribution in [1.29, 1.82) is 5.41 Å². The molecule has 2 rings (SSSR count). The summed E-state index contributed by atoms with van der Waals surface area (Å²) < 4.78 is 0. The van der Waals surface area contributed by atoms with Crippen LogP contribution < -0.4 is 0 Å². The van der Waals surface area contributed by atoms with Crippen molar-refractivity contribution in [3.05, 3.63) is 35.9 Å². The summed E-state index contributed by atoms with van der Waals surface area (Å²) in [6, 6.07) is 10.6. The molecule has 0 heterocycles. The smallest absolute Gasteiger partial charge is 0.0123 e. The Morgan fingerprint density at radius 2 is 1.93 bits per heavy atom. The van der Waals surface area contributed by atoms with Crippen molar-refractivity contribution in [3.8, 4) is 0 Å². The third-order valence-corrected chi connectivity index (χ3v) is 3.07. The molecular formula is C13H17N. The molecule has 1 atom stereocenters. The third kappa shape index (κ3) is 2.22. The number of rotatable bonds is 2. The van der Waals surface area contributed by atoms with Crippen LogP contribution in [0.1, 0.15) is 31.2 Å². The van der Waals surface area contributed by atoms with Gasteiger partial charge in [-0.1, -0.05) is 36.8 Å². The van der Waals surface area contributed by atoms with E-state index in [9.17, 15) is 0 Å².